The Morgan fingerprint density at radius 3 is 2.59 bits per heavy atom. The third-order valence-corrected chi connectivity index (χ3v) is 6.75. The van der Waals surface area contributed by atoms with Crippen molar-refractivity contribution < 1.29 is 0 Å². The Labute approximate surface area is 198 Å². The lowest BCUT2D eigenvalue weighted by molar-refractivity contribution is 0.313. The summed E-state index contributed by atoms with van der Waals surface area (Å²) in [6.45, 7) is 6.62. The Bertz CT molecular complexity index is 1400. The zero-order valence-corrected chi connectivity index (χ0v) is 19.7. The molecule has 172 valence electrons. The van der Waals surface area contributed by atoms with Crippen molar-refractivity contribution in [2.45, 2.75) is 6.92 Å². The Kier molecular flexibility index (Phi) is 4.99. The predicted octanol–water partition coefficient (Wildman–Crippen LogP) is 2.72. The summed E-state index contributed by atoms with van der Waals surface area (Å²) in [5.74, 6) is 0.757. The Balaban J connectivity index is 1.44. The largest absolute Gasteiger partial charge is 0.366 e. The lowest BCUT2D eigenvalue weighted by atomic mass is 10.0. The molecule has 0 aliphatic carbocycles. The van der Waals surface area contributed by atoms with Crippen molar-refractivity contribution >= 4 is 28.1 Å². The number of H-pyrrole nitrogens is 1. The van der Waals surface area contributed by atoms with Gasteiger partial charge in [-0.25, -0.2) is 4.98 Å². The molecule has 9 nitrogen and oxygen atoms in total. The normalized spacial score (nSPS) is 16.6. The molecule has 34 heavy (non-hydrogen) atoms. The third-order valence-electron chi connectivity index (χ3n) is 6.75. The van der Waals surface area contributed by atoms with E-state index in [0.717, 1.165) is 82.5 Å². The van der Waals surface area contributed by atoms with E-state index in [9.17, 15) is 0 Å². The van der Waals surface area contributed by atoms with Crippen LogP contribution in [0.3, 0.4) is 0 Å². The molecule has 1 N–H and O–H groups in total. The molecule has 0 spiro atoms. The number of likely N-dealkylation sites (N-methyl/N-ethyl adjacent to an activating group) is 1. The van der Waals surface area contributed by atoms with Crippen LogP contribution < -0.4 is 9.80 Å². The van der Waals surface area contributed by atoms with Gasteiger partial charge in [0.15, 0.2) is 5.82 Å². The van der Waals surface area contributed by atoms with E-state index in [0.29, 0.717) is 6.67 Å². The van der Waals surface area contributed by atoms with Gasteiger partial charge < -0.3 is 19.7 Å². The standard InChI is InChI=1S/C25H27N9/c1-16-4-5-26-11-18(16)19-10-17-21(14-28-19)33(3)15-29-23(17)25-30-20-12-27-13-22(24(20)31-25)34-8-6-32(2)7-9-34/h4-5,10-14H,6-9,15H2,1-3H3,(H,30,31). The molecule has 4 aromatic rings. The van der Waals surface area contributed by atoms with E-state index in [-0.39, 0.29) is 0 Å². The second-order valence-electron chi connectivity index (χ2n) is 9.05. The van der Waals surface area contributed by atoms with Crippen molar-refractivity contribution in [3.8, 4) is 11.3 Å². The van der Waals surface area contributed by atoms with Crippen LogP contribution in [0.5, 0.6) is 0 Å². The number of imidazole rings is 1. The summed E-state index contributed by atoms with van der Waals surface area (Å²) >= 11 is 0. The summed E-state index contributed by atoms with van der Waals surface area (Å²) in [5.41, 5.74) is 8.86. The highest BCUT2D eigenvalue weighted by Gasteiger charge is 2.25. The summed E-state index contributed by atoms with van der Waals surface area (Å²) in [6.07, 6.45) is 9.36. The summed E-state index contributed by atoms with van der Waals surface area (Å²) in [7, 11) is 4.19. The van der Waals surface area contributed by atoms with Crippen LogP contribution >= 0.6 is 0 Å². The lowest BCUT2D eigenvalue weighted by Gasteiger charge is -2.33. The van der Waals surface area contributed by atoms with E-state index < -0.39 is 0 Å². The van der Waals surface area contributed by atoms with Gasteiger partial charge in [0.05, 0.1) is 41.2 Å². The van der Waals surface area contributed by atoms with E-state index in [1.807, 2.05) is 37.9 Å². The highest BCUT2D eigenvalue weighted by atomic mass is 15.3. The first-order valence-corrected chi connectivity index (χ1v) is 11.5. The minimum absolute atomic E-state index is 0.551. The molecule has 0 saturated carbocycles. The van der Waals surface area contributed by atoms with Gasteiger partial charge >= 0.3 is 0 Å². The highest BCUT2D eigenvalue weighted by molar-refractivity contribution is 6.16. The topological polar surface area (TPSA) is 89.4 Å². The van der Waals surface area contributed by atoms with Gasteiger partial charge in [-0.1, -0.05) is 0 Å². The number of nitrogens with zero attached hydrogens (tertiary/aromatic N) is 8. The van der Waals surface area contributed by atoms with Gasteiger partial charge in [-0.15, -0.1) is 0 Å². The summed E-state index contributed by atoms with van der Waals surface area (Å²) in [4.78, 5) is 33.8. The van der Waals surface area contributed by atoms with Crippen molar-refractivity contribution in [2.75, 3.05) is 56.7 Å². The molecule has 0 unspecified atom stereocenters. The van der Waals surface area contributed by atoms with Crippen LogP contribution in [-0.4, -0.2) is 82.5 Å². The number of piperazine rings is 1. The van der Waals surface area contributed by atoms with Crippen molar-refractivity contribution in [2.24, 2.45) is 4.99 Å². The van der Waals surface area contributed by atoms with Crippen LogP contribution in [0.1, 0.15) is 17.0 Å². The Morgan fingerprint density at radius 1 is 0.912 bits per heavy atom. The SMILES string of the molecule is Cc1ccncc1-c1cc2c(cn1)N(C)CN=C2c1nc2c(N3CCN(C)CC3)cncc2[nH]1. The quantitative estimate of drug-likeness (QED) is 0.510. The number of rotatable bonds is 3. The average molecular weight is 454 g/mol. The first kappa shape index (κ1) is 20.7. The van der Waals surface area contributed by atoms with Crippen molar-refractivity contribution in [1.29, 1.82) is 0 Å². The van der Waals surface area contributed by atoms with Crippen molar-refractivity contribution in [3.05, 3.63) is 60.1 Å². The maximum absolute atomic E-state index is 5.04. The molecule has 0 amide bonds. The van der Waals surface area contributed by atoms with Crippen LogP contribution in [0, 0.1) is 6.92 Å². The Morgan fingerprint density at radius 2 is 1.76 bits per heavy atom. The maximum Gasteiger partial charge on any atom is 0.157 e. The molecule has 1 saturated heterocycles. The van der Waals surface area contributed by atoms with E-state index in [1.165, 1.54) is 0 Å². The zero-order chi connectivity index (χ0) is 23.2. The van der Waals surface area contributed by atoms with Gasteiger partial charge in [0.1, 0.15) is 17.9 Å². The molecule has 0 radical (unpaired) electrons. The molecule has 2 aliphatic heterocycles. The van der Waals surface area contributed by atoms with E-state index in [2.05, 4.69) is 49.7 Å². The highest BCUT2D eigenvalue weighted by Crippen LogP contribution is 2.32. The van der Waals surface area contributed by atoms with Crippen molar-refractivity contribution in [1.82, 2.24) is 29.8 Å². The number of aliphatic imine (C=N–C) groups is 1. The average Bonchev–Trinajstić information content (AvgIpc) is 3.29. The molecule has 2 aliphatic rings. The van der Waals surface area contributed by atoms with Crippen LogP contribution in [0.25, 0.3) is 22.3 Å². The van der Waals surface area contributed by atoms with Gasteiger partial charge in [0.2, 0.25) is 0 Å². The van der Waals surface area contributed by atoms with Gasteiger partial charge in [-0.2, -0.15) is 0 Å². The van der Waals surface area contributed by atoms with Crippen LogP contribution in [0.15, 0.2) is 48.1 Å². The van der Waals surface area contributed by atoms with Crippen LogP contribution in [0.2, 0.25) is 0 Å². The van der Waals surface area contributed by atoms with Crippen LogP contribution in [0.4, 0.5) is 11.4 Å². The molecule has 6 heterocycles. The first-order valence-electron chi connectivity index (χ1n) is 11.5. The third kappa shape index (κ3) is 3.49. The monoisotopic (exact) mass is 453 g/mol. The molecular weight excluding hydrogens is 426 g/mol. The number of hydrogen-bond acceptors (Lipinski definition) is 8. The fraction of sp³-hybridized carbons (Fsp3) is 0.320. The molecular formula is C25H27N9. The summed E-state index contributed by atoms with van der Waals surface area (Å²) < 4.78 is 0. The number of nitrogens with one attached hydrogen (secondary N) is 1. The maximum atomic E-state index is 5.04. The number of aromatic amines is 1. The number of anilines is 2. The number of aryl methyl sites for hydroxylation is 1. The number of aromatic nitrogens is 5. The van der Waals surface area contributed by atoms with Gasteiger partial charge in [-0.05, 0) is 31.7 Å². The molecule has 0 bridgehead atoms. The molecule has 6 rings (SSSR count). The molecule has 4 aromatic heterocycles. The number of fused-ring (bicyclic) bond motifs is 2. The molecule has 1 fully saturated rings. The summed E-state index contributed by atoms with van der Waals surface area (Å²) in [5, 5.41) is 0. The fourth-order valence-electron chi connectivity index (χ4n) is 4.67. The van der Waals surface area contributed by atoms with Gasteiger partial charge in [-0.3, -0.25) is 19.9 Å². The first-order chi connectivity index (χ1) is 16.6. The van der Waals surface area contributed by atoms with E-state index in [1.54, 1.807) is 6.20 Å². The Hall–Kier alpha value is -3.85. The second kappa shape index (κ2) is 8.18. The number of hydrogen-bond donors (Lipinski definition) is 1. The fourth-order valence-corrected chi connectivity index (χ4v) is 4.67. The van der Waals surface area contributed by atoms with Crippen molar-refractivity contribution in [3.63, 3.8) is 0 Å². The van der Waals surface area contributed by atoms with Gasteiger partial charge in [0, 0.05) is 56.7 Å². The van der Waals surface area contributed by atoms with Crippen LogP contribution in [-0.2, 0) is 0 Å². The predicted molar refractivity (Wildman–Crippen MR) is 135 cm³/mol. The zero-order valence-electron chi connectivity index (χ0n) is 19.7. The van der Waals surface area contributed by atoms with E-state index in [4.69, 9.17) is 15.0 Å². The van der Waals surface area contributed by atoms with E-state index >= 15 is 0 Å². The minimum atomic E-state index is 0.551. The lowest BCUT2D eigenvalue weighted by Crippen LogP contribution is -2.44. The number of pyridine rings is 3. The molecule has 0 atom stereocenters. The minimum Gasteiger partial charge on any atom is -0.366 e. The molecule has 0 aromatic carbocycles. The summed E-state index contributed by atoms with van der Waals surface area (Å²) in [6, 6.07) is 4.10. The van der Waals surface area contributed by atoms with Gasteiger partial charge in [0.25, 0.3) is 0 Å². The smallest absolute Gasteiger partial charge is 0.157 e. The molecule has 9 heteroatoms. The second-order valence-corrected chi connectivity index (χ2v) is 9.05.